The van der Waals surface area contributed by atoms with Crippen LogP contribution in [0.1, 0.15) is 24.6 Å². The summed E-state index contributed by atoms with van der Waals surface area (Å²) in [6.07, 6.45) is 1.54. The molecular weight excluding hydrogens is 256 g/mol. The molecule has 6 nitrogen and oxygen atoms in total. The molecule has 0 saturated carbocycles. The number of benzene rings is 1. The van der Waals surface area contributed by atoms with Gasteiger partial charge in [-0.25, -0.2) is 9.78 Å². The first-order chi connectivity index (χ1) is 9.67. The number of anilines is 1. The quantitative estimate of drug-likeness (QED) is 0.780. The van der Waals surface area contributed by atoms with Gasteiger partial charge in [0, 0.05) is 24.7 Å². The maximum atomic E-state index is 11.5. The van der Waals surface area contributed by atoms with Crippen LogP contribution in [0.25, 0.3) is 11.0 Å². The third-order valence-corrected chi connectivity index (χ3v) is 3.84. The number of nitrogens with one attached hydrogen (secondary N) is 1. The van der Waals surface area contributed by atoms with Gasteiger partial charge < -0.3 is 20.4 Å². The van der Waals surface area contributed by atoms with Crippen molar-refractivity contribution in [1.82, 2.24) is 14.9 Å². The molecule has 6 heteroatoms. The second kappa shape index (κ2) is 5.03. The molecule has 3 N–H and O–H groups in total. The predicted molar refractivity (Wildman–Crippen MR) is 76.5 cm³/mol. The second-order valence-corrected chi connectivity index (χ2v) is 5.13. The molecule has 0 unspecified atom stereocenters. The van der Waals surface area contributed by atoms with Crippen LogP contribution in [0, 0.1) is 0 Å². The van der Waals surface area contributed by atoms with Crippen LogP contribution in [-0.2, 0) is 4.74 Å². The molecular formula is C14H18N4O2. The number of piperidine rings is 1. The van der Waals surface area contributed by atoms with E-state index in [0.29, 0.717) is 19.0 Å². The van der Waals surface area contributed by atoms with Crippen molar-refractivity contribution in [3.63, 3.8) is 0 Å². The van der Waals surface area contributed by atoms with Crippen molar-refractivity contribution < 1.29 is 9.53 Å². The lowest BCUT2D eigenvalue weighted by Crippen LogP contribution is -2.37. The van der Waals surface area contributed by atoms with Gasteiger partial charge in [-0.05, 0) is 31.0 Å². The van der Waals surface area contributed by atoms with Crippen molar-refractivity contribution in [2.45, 2.75) is 18.8 Å². The van der Waals surface area contributed by atoms with Gasteiger partial charge in [0.2, 0.25) is 0 Å². The van der Waals surface area contributed by atoms with Gasteiger partial charge in [-0.1, -0.05) is 0 Å². The summed E-state index contributed by atoms with van der Waals surface area (Å²) in [6.45, 7) is 1.41. The van der Waals surface area contributed by atoms with E-state index < -0.39 is 0 Å². The molecule has 0 bridgehead atoms. The van der Waals surface area contributed by atoms with Crippen molar-refractivity contribution in [2.24, 2.45) is 0 Å². The third kappa shape index (κ3) is 2.29. The molecule has 1 aromatic carbocycles. The van der Waals surface area contributed by atoms with E-state index in [1.807, 2.05) is 18.2 Å². The summed E-state index contributed by atoms with van der Waals surface area (Å²) >= 11 is 0. The molecule has 1 saturated heterocycles. The monoisotopic (exact) mass is 274 g/mol. The smallest absolute Gasteiger partial charge is 0.409 e. The fourth-order valence-corrected chi connectivity index (χ4v) is 2.70. The molecule has 3 rings (SSSR count). The summed E-state index contributed by atoms with van der Waals surface area (Å²) in [4.78, 5) is 21.1. The fourth-order valence-electron chi connectivity index (χ4n) is 2.70. The Balaban J connectivity index is 1.75. The Morgan fingerprint density at radius 1 is 1.45 bits per heavy atom. The number of ether oxygens (including phenoxy) is 1. The van der Waals surface area contributed by atoms with Crippen LogP contribution < -0.4 is 5.73 Å². The molecule has 1 aromatic heterocycles. The molecule has 0 spiro atoms. The number of hydrogen-bond donors (Lipinski definition) is 2. The van der Waals surface area contributed by atoms with Crippen LogP contribution in [0.15, 0.2) is 18.2 Å². The molecule has 2 heterocycles. The number of aromatic nitrogens is 2. The topological polar surface area (TPSA) is 84.2 Å². The van der Waals surface area contributed by atoms with Crippen molar-refractivity contribution in [3.05, 3.63) is 24.0 Å². The zero-order valence-electron chi connectivity index (χ0n) is 11.4. The summed E-state index contributed by atoms with van der Waals surface area (Å²) in [7, 11) is 1.41. The van der Waals surface area contributed by atoms with Crippen LogP contribution in [0.4, 0.5) is 10.5 Å². The first kappa shape index (κ1) is 12.8. The highest BCUT2D eigenvalue weighted by Gasteiger charge is 2.26. The molecule has 1 aliphatic rings. The maximum absolute atomic E-state index is 11.5. The highest BCUT2D eigenvalue weighted by molar-refractivity contribution is 5.78. The third-order valence-electron chi connectivity index (χ3n) is 3.84. The molecule has 0 atom stereocenters. The van der Waals surface area contributed by atoms with Crippen molar-refractivity contribution in [1.29, 1.82) is 0 Å². The van der Waals surface area contributed by atoms with Crippen LogP contribution in [-0.4, -0.2) is 41.2 Å². The van der Waals surface area contributed by atoms with Gasteiger partial charge in [0.25, 0.3) is 0 Å². The Kier molecular flexibility index (Phi) is 3.22. The highest BCUT2D eigenvalue weighted by Crippen LogP contribution is 2.28. The van der Waals surface area contributed by atoms with E-state index in [9.17, 15) is 4.79 Å². The average molecular weight is 274 g/mol. The number of aromatic amines is 1. The van der Waals surface area contributed by atoms with Gasteiger partial charge in [0.1, 0.15) is 5.82 Å². The van der Waals surface area contributed by atoms with E-state index in [1.54, 1.807) is 4.90 Å². The number of carbonyl (C=O) groups excluding carboxylic acids is 1. The number of nitrogen functional groups attached to an aromatic ring is 1. The first-order valence-electron chi connectivity index (χ1n) is 6.75. The minimum atomic E-state index is -0.249. The van der Waals surface area contributed by atoms with E-state index in [-0.39, 0.29) is 6.09 Å². The number of hydrogen-bond acceptors (Lipinski definition) is 4. The number of H-pyrrole nitrogens is 1. The highest BCUT2D eigenvalue weighted by atomic mass is 16.5. The minimum Gasteiger partial charge on any atom is -0.453 e. The lowest BCUT2D eigenvalue weighted by Gasteiger charge is -2.29. The number of amides is 1. The second-order valence-electron chi connectivity index (χ2n) is 5.13. The van der Waals surface area contributed by atoms with Crippen LogP contribution in [0.2, 0.25) is 0 Å². The number of carbonyl (C=O) groups is 1. The van der Waals surface area contributed by atoms with Gasteiger partial charge in [-0.2, -0.15) is 0 Å². The molecule has 1 amide bonds. The Labute approximate surface area is 116 Å². The van der Waals surface area contributed by atoms with Crippen molar-refractivity contribution in [2.75, 3.05) is 25.9 Å². The van der Waals surface area contributed by atoms with E-state index >= 15 is 0 Å². The molecule has 1 fully saturated rings. The summed E-state index contributed by atoms with van der Waals surface area (Å²) in [5, 5.41) is 0. The zero-order chi connectivity index (χ0) is 14.1. The van der Waals surface area contributed by atoms with Gasteiger partial charge in [0.05, 0.1) is 18.1 Å². The number of methoxy groups -OCH3 is 1. The number of imidazole rings is 1. The van der Waals surface area contributed by atoms with Crippen molar-refractivity contribution in [3.8, 4) is 0 Å². The summed E-state index contributed by atoms with van der Waals surface area (Å²) in [5.74, 6) is 1.33. The van der Waals surface area contributed by atoms with Gasteiger partial charge in [0.15, 0.2) is 0 Å². The van der Waals surface area contributed by atoms with Gasteiger partial charge in [-0.3, -0.25) is 0 Å². The molecule has 0 aliphatic carbocycles. The number of nitrogens with zero attached hydrogens (tertiary/aromatic N) is 2. The largest absolute Gasteiger partial charge is 0.453 e. The molecule has 0 radical (unpaired) electrons. The van der Waals surface area contributed by atoms with Crippen LogP contribution in [0.3, 0.4) is 0 Å². The fraction of sp³-hybridized carbons (Fsp3) is 0.429. The summed E-state index contributed by atoms with van der Waals surface area (Å²) in [5.41, 5.74) is 8.41. The van der Waals surface area contributed by atoms with Gasteiger partial charge in [-0.15, -0.1) is 0 Å². The molecule has 1 aliphatic heterocycles. The molecule has 2 aromatic rings. The molecule has 20 heavy (non-hydrogen) atoms. The zero-order valence-corrected chi connectivity index (χ0v) is 11.4. The Morgan fingerprint density at radius 3 is 2.90 bits per heavy atom. The van der Waals surface area contributed by atoms with Crippen molar-refractivity contribution >= 4 is 22.8 Å². The first-order valence-corrected chi connectivity index (χ1v) is 6.75. The minimum absolute atomic E-state index is 0.249. The number of nitrogens with two attached hydrogens (primary N) is 1. The average Bonchev–Trinajstić information content (AvgIpc) is 2.89. The summed E-state index contributed by atoms with van der Waals surface area (Å²) < 4.78 is 4.74. The van der Waals surface area contributed by atoms with E-state index in [1.165, 1.54) is 7.11 Å². The lowest BCUT2D eigenvalue weighted by atomic mass is 9.96. The Morgan fingerprint density at radius 2 is 2.20 bits per heavy atom. The number of rotatable bonds is 1. The van der Waals surface area contributed by atoms with Crippen LogP contribution in [0.5, 0.6) is 0 Å². The number of likely N-dealkylation sites (tertiary alicyclic amines) is 1. The Bertz CT molecular complexity index is 629. The number of fused-ring (bicyclic) bond motifs is 1. The standard InChI is InChI=1S/C14H18N4O2/c1-20-14(19)18-6-4-9(5-7-18)13-16-11-3-2-10(15)8-12(11)17-13/h2-3,8-9H,4-7,15H2,1H3,(H,16,17). The van der Waals surface area contributed by atoms with Gasteiger partial charge >= 0.3 is 6.09 Å². The lowest BCUT2D eigenvalue weighted by molar-refractivity contribution is 0.112. The Hall–Kier alpha value is -2.24. The van der Waals surface area contributed by atoms with Crippen LogP contribution >= 0.6 is 0 Å². The predicted octanol–water partition coefficient (Wildman–Crippen LogP) is 2.09. The SMILES string of the molecule is COC(=O)N1CCC(c2nc3ccc(N)cc3[nH]2)CC1. The summed E-state index contributed by atoms with van der Waals surface area (Å²) in [6, 6.07) is 5.68. The maximum Gasteiger partial charge on any atom is 0.409 e. The molecule has 106 valence electrons. The van der Waals surface area contributed by atoms with E-state index in [2.05, 4.69) is 9.97 Å². The van der Waals surface area contributed by atoms with E-state index in [0.717, 1.165) is 35.4 Å². The normalized spacial score (nSPS) is 16.6. The van der Waals surface area contributed by atoms with E-state index in [4.69, 9.17) is 10.5 Å².